The smallest absolute Gasteiger partial charge is 0.129 e. The molecule has 2 rings (SSSR count). The van der Waals surface area contributed by atoms with E-state index in [1.54, 1.807) is 6.26 Å². The molecule has 0 saturated heterocycles. The molecular formula is C18H27NO3S. The van der Waals surface area contributed by atoms with Gasteiger partial charge in [-0.25, -0.2) is 0 Å². The summed E-state index contributed by atoms with van der Waals surface area (Å²) in [6.45, 7) is 8.72. The van der Waals surface area contributed by atoms with E-state index < -0.39 is 6.10 Å². The van der Waals surface area contributed by atoms with Crippen LogP contribution in [0.3, 0.4) is 0 Å². The summed E-state index contributed by atoms with van der Waals surface area (Å²) in [5.41, 5.74) is 0. The van der Waals surface area contributed by atoms with E-state index in [4.69, 9.17) is 9.15 Å². The SMILES string of the molecule is CC[C@@H](C)N(Cc1ccc(C)s1)C[C@H](O)COCc1ccco1. The molecule has 2 aromatic heterocycles. The van der Waals surface area contributed by atoms with Crippen molar-refractivity contribution in [3.05, 3.63) is 46.0 Å². The lowest BCUT2D eigenvalue weighted by atomic mass is 10.2. The number of rotatable bonds is 10. The quantitative estimate of drug-likeness (QED) is 0.716. The van der Waals surface area contributed by atoms with Crippen molar-refractivity contribution < 1.29 is 14.3 Å². The van der Waals surface area contributed by atoms with Gasteiger partial charge in [0, 0.05) is 28.9 Å². The average molecular weight is 337 g/mol. The van der Waals surface area contributed by atoms with E-state index in [9.17, 15) is 5.11 Å². The number of hydrogen-bond acceptors (Lipinski definition) is 5. The van der Waals surface area contributed by atoms with Crippen molar-refractivity contribution in [1.29, 1.82) is 0 Å². The molecule has 0 aromatic carbocycles. The Bertz CT molecular complexity index is 552. The van der Waals surface area contributed by atoms with Gasteiger partial charge in [-0.1, -0.05) is 6.92 Å². The van der Waals surface area contributed by atoms with E-state index in [-0.39, 0.29) is 0 Å². The molecule has 5 heteroatoms. The molecule has 1 N–H and O–H groups in total. The van der Waals surface area contributed by atoms with Gasteiger partial charge >= 0.3 is 0 Å². The fourth-order valence-corrected chi connectivity index (χ4v) is 3.36. The van der Waals surface area contributed by atoms with Gasteiger partial charge in [-0.15, -0.1) is 11.3 Å². The van der Waals surface area contributed by atoms with E-state index in [0.29, 0.717) is 25.8 Å². The van der Waals surface area contributed by atoms with Gasteiger partial charge in [0.1, 0.15) is 12.4 Å². The first-order valence-electron chi connectivity index (χ1n) is 8.16. The Kier molecular flexibility index (Phi) is 7.30. The first-order valence-corrected chi connectivity index (χ1v) is 8.97. The summed E-state index contributed by atoms with van der Waals surface area (Å²) in [6.07, 6.45) is 2.19. The molecular weight excluding hydrogens is 310 g/mol. The summed E-state index contributed by atoms with van der Waals surface area (Å²) in [5, 5.41) is 10.3. The zero-order valence-electron chi connectivity index (χ0n) is 14.2. The third-order valence-electron chi connectivity index (χ3n) is 3.95. The van der Waals surface area contributed by atoms with Gasteiger partial charge in [0.15, 0.2) is 0 Å². The van der Waals surface area contributed by atoms with E-state index in [2.05, 4.69) is 37.8 Å². The topological polar surface area (TPSA) is 45.8 Å². The van der Waals surface area contributed by atoms with E-state index >= 15 is 0 Å². The van der Waals surface area contributed by atoms with Crippen molar-refractivity contribution >= 4 is 11.3 Å². The highest BCUT2D eigenvalue weighted by Gasteiger charge is 2.18. The molecule has 0 fully saturated rings. The predicted molar refractivity (Wildman–Crippen MR) is 93.6 cm³/mol. The zero-order chi connectivity index (χ0) is 16.7. The van der Waals surface area contributed by atoms with Crippen LogP contribution in [0.4, 0.5) is 0 Å². The predicted octanol–water partition coefficient (Wildman–Crippen LogP) is 3.83. The van der Waals surface area contributed by atoms with E-state index in [1.165, 1.54) is 9.75 Å². The second kappa shape index (κ2) is 9.23. The van der Waals surface area contributed by atoms with Crippen molar-refractivity contribution in [2.24, 2.45) is 0 Å². The standard InChI is InChI=1S/C18H27NO3S/c1-4-14(2)19(11-18-8-7-15(3)23-18)10-16(20)12-21-13-17-6-5-9-22-17/h5-9,14,16,20H,4,10-13H2,1-3H3/t14-,16+/m1/s1. The van der Waals surface area contributed by atoms with Crippen molar-refractivity contribution in [2.75, 3.05) is 13.2 Å². The number of thiophene rings is 1. The number of aliphatic hydroxyl groups excluding tert-OH is 1. The molecule has 2 heterocycles. The Hall–Kier alpha value is -1.14. The molecule has 4 nitrogen and oxygen atoms in total. The van der Waals surface area contributed by atoms with E-state index in [0.717, 1.165) is 18.7 Å². The lowest BCUT2D eigenvalue weighted by Crippen LogP contribution is -2.39. The molecule has 0 aliphatic rings. The first-order chi connectivity index (χ1) is 11.1. The van der Waals surface area contributed by atoms with Crippen LogP contribution in [0, 0.1) is 6.92 Å². The van der Waals surface area contributed by atoms with Gasteiger partial charge in [0.2, 0.25) is 0 Å². The zero-order valence-corrected chi connectivity index (χ0v) is 15.0. The minimum absolute atomic E-state index is 0.317. The minimum Gasteiger partial charge on any atom is -0.467 e. The lowest BCUT2D eigenvalue weighted by Gasteiger charge is -2.30. The normalized spacial score (nSPS) is 14.3. The molecule has 23 heavy (non-hydrogen) atoms. The highest BCUT2D eigenvalue weighted by Crippen LogP contribution is 2.19. The van der Waals surface area contributed by atoms with Gasteiger partial charge in [0.05, 0.1) is 19.0 Å². The fourth-order valence-electron chi connectivity index (χ4n) is 2.44. The summed E-state index contributed by atoms with van der Waals surface area (Å²) in [5.74, 6) is 0.782. The van der Waals surface area contributed by atoms with Crippen LogP contribution in [0.2, 0.25) is 0 Å². The number of ether oxygens (including phenoxy) is 1. The monoisotopic (exact) mass is 337 g/mol. The Balaban J connectivity index is 1.81. The summed E-state index contributed by atoms with van der Waals surface area (Å²) < 4.78 is 10.8. The largest absolute Gasteiger partial charge is 0.467 e. The second-order valence-corrected chi connectivity index (χ2v) is 7.32. The molecule has 0 saturated carbocycles. The Labute approximate surface area is 142 Å². The van der Waals surface area contributed by atoms with Crippen molar-refractivity contribution in [3.63, 3.8) is 0 Å². The van der Waals surface area contributed by atoms with Crippen LogP contribution < -0.4 is 0 Å². The maximum Gasteiger partial charge on any atom is 0.129 e. The van der Waals surface area contributed by atoms with Crippen LogP contribution in [0.1, 0.15) is 35.8 Å². The number of hydrogen-bond donors (Lipinski definition) is 1. The number of aliphatic hydroxyl groups is 1. The molecule has 0 aliphatic carbocycles. The molecule has 0 bridgehead atoms. The number of furan rings is 1. The Morgan fingerprint density at radius 1 is 1.35 bits per heavy atom. The van der Waals surface area contributed by atoms with Gasteiger partial charge < -0.3 is 14.3 Å². The molecule has 2 aromatic rings. The van der Waals surface area contributed by atoms with Crippen molar-refractivity contribution in [2.45, 2.75) is 52.5 Å². The summed E-state index contributed by atoms with van der Waals surface area (Å²) >= 11 is 1.82. The summed E-state index contributed by atoms with van der Waals surface area (Å²) in [4.78, 5) is 4.99. The highest BCUT2D eigenvalue weighted by molar-refractivity contribution is 7.11. The molecule has 2 atom stereocenters. The maximum atomic E-state index is 10.3. The van der Waals surface area contributed by atoms with E-state index in [1.807, 2.05) is 23.5 Å². The molecule has 128 valence electrons. The van der Waals surface area contributed by atoms with Crippen LogP contribution in [0.5, 0.6) is 0 Å². The Morgan fingerprint density at radius 2 is 2.17 bits per heavy atom. The number of nitrogens with zero attached hydrogens (tertiary/aromatic N) is 1. The summed E-state index contributed by atoms with van der Waals surface area (Å²) in [6, 6.07) is 8.46. The molecule has 0 spiro atoms. The van der Waals surface area contributed by atoms with Crippen molar-refractivity contribution in [1.82, 2.24) is 4.90 Å². The third-order valence-corrected chi connectivity index (χ3v) is 4.93. The van der Waals surface area contributed by atoms with Crippen LogP contribution >= 0.6 is 11.3 Å². The molecule has 0 amide bonds. The summed E-state index contributed by atoms with van der Waals surface area (Å²) in [7, 11) is 0. The van der Waals surface area contributed by atoms with Crippen molar-refractivity contribution in [3.8, 4) is 0 Å². The highest BCUT2D eigenvalue weighted by atomic mass is 32.1. The maximum absolute atomic E-state index is 10.3. The fraction of sp³-hybridized carbons (Fsp3) is 0.556. The third kappa shape index (κ3) is 6.11. The lowest BCUT2D eigenvalue weighted by molar-refractivity contribution is -0.00252. The molecule has 0 unspecified atom stereocenters. The van der Waals surface area contributed by atoms with Gasteiger partial charge in [0.25, 0.3) is 0 Å². The van der Waals surface area contributed by atoms with Gasteiger partial charge in [-0.3, -0.25) is 4.90 Å². The second-order valence-electron chi connectivity index (χ2n) is 5.95. The average Bonchev–Trinajstić information content (AvgIpc) is 3.17. The van der Waals surface area contributed by atoms with Crippen LogP contribution in [0.15, 0.2) is 34.9 Å². The van der Waals surface area contributed by atoms with Gasteiger partial charge in [-0.05, 0) is 44.5 Å². The molecule has 0 aliphatic heterocycles. The first kappa shape index (κ1) is 18.2. The van der Waals surface area contributed by atoms with Crippen LogP contribution in [0.25, 0.3) is 0 Å². The Morgan fingerprint density at radius 3 is 2.78 bits per heavy atom. The minimum atomic E-state index is -0.500. The molecule has 0 radical (unpaired) electrons. The van der Waals surface area contributed by atoms with Gasteiger partial charge in [-0.2, -0.15) is 0 Å². The van der Waals surface area contributed by atoms with Crippen LogP contribution in [-0.4, -0.2) is 35.3 Å². The van der Waals surface area contributed by atoms with Crippen LogP contribution in [-0.2, 0) is 17.9 Å². The number of aryl methyl sites for hydroxylation is 1.